The van der Waals surface area contributed by atoms with Crippen LogP contribution in [0.3, 0.4) is 0 Å². The Balaban J connectivity index is 2.06. The van der Waals surface area contributed by atoms with Crippen LogP contribution in [-0.2, 0) is 20.9 Å². The van der Waals surface area contributed by atoms with Crippen molar-refractivity contribution in [3.05, 3.63) is 70.8 Å². The van der Waals surface area contributed by atoms with Crippen molar-refractivity contribution >= 4 is 23.3 Å². The minimum atomic E-state index is -1.02. The van der Waals surface area contributed by atoms with Crippen LogP contribution in [0.2, 0.25) is 0 Å². The van der Waals surface area contributed by atoms with Crippen LogP contribution in [0.25, 0.3) is 5.76 Å². The van der Waals surface area contributed by atoms with E-state index >= 15 is 0 Å². The second-order valence-corrected chi connectivity index (χ2v) is 5.74. The molecule has 26 heavy (non-hydrogen) atoms. The number of hydrogen-bond acceptors (Lipinski definition) is 4. The third-order valence-corrected chi connectivity index (χ3v) is 4.12. The van der Waals surface area contributed by atoms with Crippen molar-refractivity contribution in [3.8, 4) is 0 Å². The second-order valence-electron chi connectivity index (χ2n) is 5.74. The Labute approximate surface area is 148 Å². The summed E-state index contributed by atoms with van der Waals surface area (Å²) < 4.78 is 31.3. The van der Waals surface area contributed by atoms with Gasteiger partial charge in [-0.1, -0.05) is 18.2 Å². The van der Waals surface area contributed by atoms with Crippen LogP contribution in [0, 0.1) is 11.6 Å². The van der Waals surface area contributed by atoms with Crippen LogP contribution in [0.15, 0.2) is 48.0 Å². The highest BCUT2D eigenvalue weighted by Crippen LogP contribution is 2.34. The first-order valence-corrected chi connectivity index (χ1v) is 7.76. The molecule has 0 bridgehead atoms. The fourth-order valence-electron chi connectivity index (χ4n) is 2.82. The number of aliphatic hydroxyl groups excluding tert-OH is 1. The number of ether oxygens (including phenoxy) is 1. The van der Waals surface area contributed by atoms with Crippen molar-refractivity contribution in [2.45, 2.75) is 13.0 Å². The van der Waals surface area contributed by atoms with Gasteiger partial charge in [0.05, 0.1) is 31.3 Å². The van der Waals surface area contributed by atoms with E-state index in [-0.39, 0.29) is 29.9 Å². The van der Waals surface area contributed by atoms with Gasteiger partial charge in [0.2, 0.25) is 5.91 Å². The molecule has 0 saturated carbocycles. The molecule has 7 heteroatoms. The molecule has 0 unspecified atom stereocenters. The van der Waals surface area contributed by atoms with Gasteiger partial charge in [0, 0.05) is 5.56 Å². The molecular weight excluding hydrogens is 344 g/mol. The van der Waals surface area contributed by atoms with Crippen LogP contribution in [0.1, 0.15) is 17.5 Å². The quantitative estimate of drug-likeness (QED) is 0.854. The van der Waals surface area contributed by atoms with Crippen LogP contribution < -0.4 is 4.90 Å². The topological polar surface area (TPSA) is 66.8 Å². The monoisotopic (exact) mass is 359 g/mol. The van der Waals surface area contributed by atoms with Gasteiger partial charge >= 0.3 is 5.97 Å². The summed E-state index contributed by atoms with van der Waals surface area (Å²) in [6, 6.07) is 9.83. The van der Waals surface area contributed by atoms with Crippen LogP contribution >= 0.6 is 0 Å². The van der Waals surface area contributed by atoms with Gasteiger partial charge in [0.1, 0.15) is 5.76 Å². The predicted octanol–water partition coefficient (Wildman–Crippen LogP) is 3.34. The van der Waals surface area contributed by atoms with Crippen molar-refractivity contribution in [2.75, 3.05) is 12.0 Å². The summed E-state index contributed by atoms with van der Waals surface area (Å²) >= 11 is 0. The number of nitrogens with zero attached hydrogens (tertiary/aromatic N) is 1. The maximum atomic E-state index is 13.5. The number of fused-ring (bicyclic) bond motifs is 1. The number of aliphatic hydroxyl groups is 1. The van der Waals surface area contributed by atoms with Gasteiger partial charge in [0.25, 0.3) is 0 Å². The zero-order valence-corrected chi connectivity index (χ0v) is 13.8. The smallest absolute Gasteiger partial charge is 0.338 e. The molecule has 1 heterocycles. The third-order valence-electron chi connectivity index (χ3n) is 4.12. The van der Waals surface area contributed by atoms with Gasteiger partial charge in [-0.2, -0.15) is 0 Å². The average molecular weight is 359 g/mol. The largest absolute Gasteiger partial charge is 0.507 e. The van der Waals surface area contributed by atoms with Crippen molar-refractivity contribution in [1.82, 2.24) is 0 Å². The lowest BCUT2D eigenvalue weighted by atomic mass is 10.1. The molecule has 0 aromatic heterocycles. The molecule has 5 nitrogen and oxygen atoms in total. The molecule has 3 rings (SSSR count). The minimum absolute atomic E-state index is 0.0468. The summed E-state index contributed by atoms with van der Waals surface area (Å²) in [6.07, 6.45) is -0.378. The van der Waals surface area contributed by atoms with Gasteiger partial charge in [-0.25, -0.2) is 13.6 Å². The maximum Gasteiger partial charge on any atom is 0.338 e. The molecule has 0 spiro atoms. The number of benzene rings is 2. The van der Waals surface area contributed by atoms with E-state index < -0.39 is 23.5 Å². The fraction of sp³-hybridized carbons (Fsp3) is 0.158. The first kappa shape index (κ1) is 17.6. The summed E-state index contributed by atoms with van der Waals surface area (Å²) in [5.74, 6) is -3.63. The Bertz CT molecular complexity index is 924. The lowest BCUT2D eigenvalue weighted by molar-refractivity contribution is -0.137. The maximum absolute atomic E-state index is 13.5. The standard InChI is InChI=1S/C19H15F2NO4/c1-26-19(25)13-9-17(23)22(10-11-6-7-14(20)15(21)8-11)16-5-3-2-4-12(16)18(13)24/h2-8,24H,9-10H2,1H3. The Morgan fingerprint density at radius 3 is 2.62 bits per heavy atom. The molecule has 134 valence electrons. The number of carbonyl (C=O) groups is 2. The molecular formula is C19H15F2NO4. The zero-order chi connectivity index (χ0) is 18.8. The number of para-hydroxylation sites is 1. The molecule has 0 atom stereocenters. The normalized spacial score (nSPS) is 14.1. The first-order chi connectivity index (χ1) is 12.4. The number of amides is 1. The van der Waals surface area contributed by atoms with Crippen molar-refractivity contribution in [1.29, 1.82) is 0 Å². The predicted molar refractivity (Wildman–Crippen MR) is 90.2 cm³/mol. The summed E-state index contributed by atoms with van der Waals surface area (Å²) in [4.78, 5) is 26.0. The number of anilines is 1. The van der Waals surface area contributed by atoms with E-state index in [0.29, 0.717) is 11.3 Å². The second kappa shape index (κ2) is 6.95. The SMILES string of the molecule is COC(=O)C1=C(O)c2ccccc2N(Cc2ccc(F)c(F)c2)C(=O)C1. The van der Waals surface area contributed by atoms with E-state index in [1.54, 1.807) is 24.3 Å². The number of esters is 1. The van der Waals surface area contributed by atoms with E-state index in [2.05, 4.69) is 4.74 Å². The zero-order valence-electron chi connectivity index (χ0n) is 13.8. The van der Waals surface area contributed by atoms with Gasteiger partial charge in [-0.05, 0) is 29.8 Å². The number of rotatable bonds is 3. The summed E-state index contributed by atoms with van der Waals surface area (Å²) in [6.45, 7) is -0.0468. The van der Waals surface area contributed by atoms with Gasteiger partial charge in [-0.3, -0.25) is 4.79 Å². The Hall–Kier alpha value is -3.22. The molecule has 1 aliphatic rings. The van der Waals surface area contributed by atoms with Gasteiger partial charge < -0.3 is 14.7 Å². The first-order valence-electron chi connectivity index (χ1n) is 7.76. The van der Waals surface area contributed by atoms with E-state index in [1.807, 2.05) is 0 Å². The Morgan fingerprint density at radius 2 is 1.92 bits per heavy atom. The van der Waals surface area contributed by atoms with Crippen molar-refractivity contribution in [3.63, 3.8) is 0 Å². The molecule has 0 aliphatic carbocycles. The fourth-order valence-corrected chi connectivity index (χ4v) is 2.82. The molecule has 1 aliphatic heterocycles. The average Bonchev–Trinajstić information content (AvgIpc) is 2.74. The number of hydrogen-bond donors (Lipinski definition) is 1. The van der Waals surface area contributed by atoms with Crippen LogP contribution in [0.5, 0.6) is 0 Å². The van der Waals surface area contributed by atoms with E-state index in [9.17, 15) is 23.5 Å². The highest BCUT2D eigenvalue weighted by atomic mass is 19.2. The lowest BCUT2D eigenvalue weighted by Crippen LogP contribution is -2.30. The molecule has 1 N–H and O–H groups in total. The van der Waals surface area contributed by atoms with Crippen molar-refractivity contribution < 1.29 is 28.2 Å². The van der Waals surface area contributed by atoms with Crippen LogP contribution in [0.4, 0.5) is 14.5 Å². The molecule has 0 radical (unpaired) electrons. The van der Waals surface area contributed by atoms with E-state index in [1.165, 1.54) is 11.0 Å². The highest BCUT2D eigenvalue weighted by molar-refractivity contribution is 6.09. The lowest BCUT2D eigenvalue weighted by Gasteiger charge is -2.23. The van der Waals surface area contributed by atoms with Gasteiger partial charge in [0.15, 0.2) is 11.6 Å². The summed E-state index contributed by atoms with van der Waals surface area (Å²) in [7, 11) is 1.16. The molecule has 0 saturated heterocycles. The number of carbonyl (C=O) groups excluding carboxylic acids is 2. The van der Waals surface area contributed by atoms with Crippen LogP contribution in [-0.4, -0.2) is 24.1 Å². The third kappa shape index (κ3) is 3.15. The minimum Gasteiger partial charge on any atom is -0.507 e. The number of halogens is 2. The van der Waals surface area contributed by atoms with Crippen molar-refractivity contribution in [2.24, 2.45) is 0 Å². The molecule has 2 aromatic rings. The summed E-state index contributed by atoms with van der Waals surface area (Å²) in [5.41, 5.74) is 0.853. The van der Waals surface area contributed by atoms with E-state index in [4.69, 9.17) is 0 Å². The van der Waals surface area contributed by atoms with Gasteiger partial charge in [-0.15, -0.1) is 0 Å². The highest BCUT2D eigenvalue weighted by Gasteiger charge is 2.31. The number of methoxy groups -OCH3 is 1. The Morgan fingerprint density at radius 1 is 1.19 bits per heavy atom. The van der Waals surface area contributed by atoms with E-state index in [0.717, 1.165) is 19.2 Å². The Kier molecular flexibility index (Phi) is 4.71. The molecule has 0 fully saturated rings. The molecule has 1 amide bonds. The molecule has 2 aromatic carbocycles. The summed E-state index contributed by atoms with van der Waals surface area (Å²) in [5, 5.41) is 10.5.